The molecular formula is C14H21N3O3S3. The summed E-state index contributed by atoms with van der Waals surface area (Å²) in [6.45, 7) is 2.21. The van der Waals surface area contributed by atoms with Crippen molar-refractivity contribution in [3.05, 3.63) is 16.3 Å². The summed E-state index contributed by atoms with van der Waals surface area (Å²) in [6, 6.07) is 1.70. The molecule has 3 heterocycles. The van der Waals surface area contributed by atoms with E-state index in [1.54, 1.807) is 28.1 Å². The van der Waals surface area contributed by atoms with Crippen molar-refractivity contribution in [2.75, 3.05) is 37.7 Å². The Hall–Kier alpha value is -0.610. The van der Waals surface area contributed by atoms with Crippen LogP contribution in [0.25, 0.3) is 0 Å². The van der Waals surface area contributed by atoms with Crippen LogP contribution in [0.3, 0.4) is 0 Å². The molecule has 2 saturated heterocycles. The second-order valence-electron chi connectivity index (χ2n) is 5.76. The number of thioether (sulfide) groups is 1. The van der Waals surface area contributed by atoms with Crippen LogP contribution < -0.4 is 5.73 Å². The van der Waals surface area contributed by atoms with Gasteiger partial charge in [-0.3, -0.25) is 4.79 Å². The quantitative estimate of drug-likeness (QED) is 0.854. The van der Waals surface area contributed by atoms with Crippen molar-refractivity contribution in [3.63, 3.8) is 0 Å². The van der Waals surface area contributed by atoms with E-state index < -0.39 is 10.0 Å². The molecule has 1 aromatic rings. The van der Waals surface area contributed by atoms with Crippen LogP contribution in [0.1, 0.15) is 22.5 Å². The van der Waals surface area contributed by atoms with Crippen molar-refractivity contribution in [1.82, 2.24) is 9.21 Å². The van der Waals surface area contributed by atoms with E-state index in [1.165, 1.54) is 15.6 Å². The smallest absolute Gasteiger partial charge is 0.265 e. The summed E-state index contributed by atoms with van der Waals surface area (Å²) in [6.07, 6.45) is 1.53. The van der Waals surface area contributed by atoms with Crippen LogP contribution in [0.4, 0.5) is 0 Å². The zero-order chi connectivity index (χ0) is 16.4. The first kappa shape index (κ1) is 17.2. The van der Waals surface area contributed by atoms with Gasteiger partial charge in [-0.05, 0) is 24.3 Å². The summed E-state index contributed by atoms with van der Waals surface area (Å²) in [5.74, 6) is 1.42. The lowest BCUT2D eigenvalue weighted by molar-refractivity contribution is 0.0716. The Morgan fingerprint density at radius 3 is 2.48 bits per heavy atom. The number of rotatable bonds is 3. The minimum Gasteiger partial charge on any atom is -0.338 e. The van der Waals surface area contributed by atoms with Gasteiger partial charge in [-0.2, -0.15) is 16.1 Å². The van der Waals surface area contributed by atoms with E-state index in [4.69, 9.17) is 5.73 Å². The summed E-state index contributed by atoms with van der Waals surface area (Å²) in [5.41, 5.74) is 5.87. The van der Waals surface area contributed by atoms with Crippen molar-refractivity contribution in [3.8, 4) is 0 Å². The monoisotopic (exact) mass is 375 g/mol. The fraction of sp³-hybridized carbons (Fsp3) is 0.643. The van der Waals surface area contributed by atoms with E-state index in [0.717, 1.165) is 24.3 Å². The van der Waals surface area contributed by atoms with E-state index in [1.807, 2.05) is 0 Å². The fourth-order valence-electron chi connectivity index (χ4n) is 2.83. The minimum atomic E-state index is -3.59. The Morgan fingerprint density at radius 1 is 1.17 bits per heavy atom. The average molecular weight is 376 g/mol. The number of carbonyl (C=O) groups excluding carboxylic acids is 1. The number of sulfonamides is 1. The number of likely N-dealkylation sites (tertiary alicyclic amines) is 1. The third kappa shape index (κ3) is 3.58. The van der Waals surface area contributed by atoms with Gasteiger partial charge in [-0.1, -0.05) is 0 Å². The van der Waals surface area contributed by atoms with Crippen molar-refractivity contribution < 1.29 is 13.2 Å². The highest BCUT2D eigenvalue weighted by molar-refractivity contribution is 7.99. The number of hydrogen-bond acceptors (Lipinski definition) is 6. The van der Waals surface area contributed by atoms with E-state index in [0.29, 0.717) is 31.1 Å². The third-order valence-electron chi connectivity index (χ3n) is 4.24. The second kappa shape index (κ2) is 7.10. The van der Waals surface area contributed by atoms with Crippen molar-refractivity contribution in [1.29, 1.82) is 0 Å². The molecule has 0 saturated carbocycles. The van der Waals surface area contributed by atoms with Crippen LogP contribution in [0, 0.1) is 0 Å². The van der Waals surface area contributed by atoms with Gasteiger partial charge in [0.2, 0.25) is 10.0 Å². The van der Waals surface area contributed by atoms with Gasteiger partial charge in [0.15, 0.2) is 0 Å². The Morgan fingerprint density at radius 2 is 1.83 bits per heavy atom. The second-order valence-corrected chi connectivity index (χ2v) is 9.81. The fourth-order valence-corrected chi connectivity index (χ4v) is 6.77. The Bertz CT molecular complexity index is 660. The van der Waals surface area contributed by atoms with E-state index in [-0.39, 0.29) is 16.8 Å². The molecule has 1 aromatic heterocycles. The summed E-state index contributed by atoms with van der Waals surface area (Å²) in [5, 5.41) is 1.69. The standard InChI is InChI=1S/C14H21N3O3S3/c15-11-1-4-16(5-2-11)14(18)13-12(3-8-22-13)23(19,20)17-6-9-21-10-7-17/h3,8,11H,1-2,4-7,9-10,15H2. The Labute approximate surface area is 145 Å². The summed E-state index contributed by atoms with van der Waals surface area (Å²) in [4.78, 5) is 14.9. The number of nitrogens with zero attached hydrogens (tertiary/aromatic N) is 2. The predicted octanol–water partition coefficient (Wildman–Crippen LogP) is 1.05. The van der Waals surface area contributed by atoms with Gasteiger partial charge >= 0.3 is 0 Å². The molecular weight excluding hydrogens is 354 g/mol. The highest BCUT2D eigenvalue weighted by Crippen LogP contribution is 2.28. The normalized spacial score (nSPS) is 21.5. The zero-order valence-corrected chi connectivity index (χ0v) is 15.3. The molecule has 0 unspecified atom stereocenters. The lowest BCUT2D eigenvalue weighted by atomic mass is 10.1. The van der Waals surface area contributed by atoms with Gasteiger partial charge in [-0.25, -0.2) is 8.42 Å². The van der Waals surface area contributed by atoms with Gasteiger partial charge in [0.25, 0.3) is 5.91 Å². The molecule has 23 heavy (non-hydrogen) atoms. The first-order valence-corrected chi connectivity index (χ1v) is 11.2. The van der Waals surface area contributed by atoms with E-state index >= 15 is 0 Å². The summed E-state index contributed by atoms with van der Waals surface area (Å²) < 4.78 is 27.2. The maximum atomic E-state index is 12.8. The number of nitrogens with two attached hydrogens (primary N) is 1. The average Bonchev–Trinajstić information content (AvgIpc) is 3.06. The van der Waals surface area contributed by atoms with Crippen LogP contribution >= 0.6 is 23.1 Å². The molecule has 0 bridgehead atoms. The van der Waals surface area contributed by atoms with Crippen molar-refractivity contribution in [2.24, 2.45) is 5.73 Å². The van der Waals surface area contributed by atoms with Crippen LogP contribution in [0.5, 0.6) is 0 Å². The largest absolute Gasteiger partial charge is 0.338 e. The third-order valence-corrected chi connectivity index (χ3v) is 8.15. The predicted molar refractivity (Wildman–Crippen MR) is 93.5 cm³/mol. The molecule has 3 rings (SSSR count). The van der Waals surface area contributed by atoms with Crippen molar-refractivity contribution >= 4 is 39.0 Å². The zero-order valence-electron chi connectivity index (χ0n) is 12.8. The first-order valence-electron chi connectivity index (χ1n) is 7.70. The molecule has 1 amide bonds. The molecule has 128 valence electrons. The van der Waals surface area contributed by atoms with Crippen LogP contribution in [-0.4, -0.2) is 67.3 Å². The Balaban J connectivity index is 1.82. The first-order chi connectivity index (χ1) is 11.0. The topological polar surface area (TPSA) is 83.7 Å². The molecule has 9 heteroatoms. The Kier molecular flexibility index (Phi) is 5.32. The molecule has 2 fully saturated rings. The highest BCUT2D eigenvalue weighted by atomic mass is 32.2. The molecule has 2 N–H and O–H groups in total. The molecule has 6 nitrogen and oxygen atoms in total. The number of hydrogen-bond donors (Lipinski definition) is 1. The molecule has 0 aromatic carbocycles. The van der Waals surface area contributed by atoms with E-state index in [2.05, 4.69) is 0 Å². The van der Waals surface area contributed by atoms with Crippen LogP contribution in [-0.2, 0) is 10.0 Å². The lowest BCUT2D eigenvalue weighted by Crippen LogP contribution is -2.43. The number of amides is 1. The lowest BCUT2D eigenvalue weighted by Gasteiger charge is -2.30. The minimum absolute atomic E-state index is 0.136. The molecule has 0 atom stereocenters. The van der Waals surface area contributed by atoms with Gasteiger partial charge in [0.05, 0.1) is 0 Å². The van der Waals surface area contributed by atoms with Gasteiger partial charge in [-0.15, -0.1) is 11.3 Å². The maximum Gasteiger partial charge on any atom is 0.265 e. The van der Waals surface area contributed by atoms with Gasteiger partial charge < -0.3 is 10.6 Å². The molecule has 2 aliphatic rings. The van der Waals surface area contributed by atoms with Crippen molar-refractivity contribution in [2.45, 2.75) is 23.8 Å². The van der Waals surface area contributed by atoms with Gasteiger partial charge in [0, 0.05) is 43.7 Å². The van der Waals surface area contributed by atoms with Crippen LogP contribution in [0.15, 0.2) is 16.3 Å². The number of thiophene rings is 1. The molecule has 0 radical (unpaired) electrons. The summed E-state index contributed by atoms with van der Waals surface area (Å²) in [7, 11) is -3.59. The maximum absolute atomic E-state index is 12.8. The highest BCUT2D eigenvalue weighted by Gasteiger charge is 2.33. The summed E-state index contributed by atoms with van der Waals surface area (Å²) >= 11 is 2.96. The molecule has 0 spiro atoms. The van der Waals surface area contributed by atoms with E-state index in [9.17, 15) is 13.2 Å². The molecule has 0 aliphatic carbocycles. The number of piperidine rings is 1. The number of carbonyl (C=O) groups is 1. The van der Waals surface area contributed by atoms with Crippen LogP contribution in [0.2, 0.25) is 0 Å². The molecule has 2 aliphatic heterocycles. The van der Waals surface area contributed by atoms with Gasteiger partial charge in [0.1, 0.15) is 9.77 Å². The SMILES string of the molecule is NC1CCN(C(=O)c2sccc2S(=O)(=O)N2CCSCC2)CC1.